The third-order valence-electron chi connectivity index (χ3n) is 1.92. The lowest BCUT2D eigenvalue weighted by Crippen LogP contribution is -1.97. The summed E-state index contributed by atoms with van der Waals surface area (Å²) >= 11 is 0. The molecule has 0 amide bonds. The van der Waals surface area contributed by atoms with E-state index in [-0.39, 0.29) is 18.1 Å². The maximum absolute atomic E-state index is 10.8. The molecule has 0 unspecified atom stereocenters. The minimum atomic E-state index is -0.380. The number of rotatable bonds is 1. The maximum Gasteiger partial charge on any atom is 0.317 e. The fraction of sp³-hybridized carbons (Fsp3) is 0.250. The highest BCUT2D eigenvalue weighted by Crippen LogP contribution is 2.19. The van der Waals surface area contributed by atoms with Gasteiger partial charge in [0.25, 0.3) is 0 Å². The maximum atomic E-state index is 10.8. The lowest BCUT2D eigenvalue weighted by atomic mass is 10.1. The molecule has 1 rings (SSSR count). The Morgan fingerprint density at radius 1 is 1.53 bits per heavy atom. The smallest absolute Gasteiger partial charge is 0.317 e. The number of hydrogen-bond donors (Lipinski definition) is 1. The number of esters is 1. The summed E-state index contributed by atoms with van der Waals surface area (Å²) in [5.41, 5.74) is 1.29. The molecule has 0 aliphatic carbocycles. The Morgan fingerprint density at radius 3 is 2.93 bits per heavy atom. The zero-order chi connectivity index (χ0) is 11.3. The summed E-state index contributed by atoms with van der Waals surface area (Å²) in [7, 11) is 1.31. The van der Waals surface area contributed by atoms with E-state index in [1.54, 1.807) is 25.1 Å². The Hall–Kier alpha value is -1.95. The van der Waals surface area contributed by atoms with E-state index in [2.05, 4.69) is 16.6 Å². The van der Waals surface area contributed by atoms with Gasteiger partial charge in [-0.3, -0.25) is 4.79 Å². The van der Waals surface area contributed by atoms with Crippen LogP contribution in [0.2, 0.25) is 0 Å². The molecule has 0 aromatic heterocycles. The van der Waals surface area contributed by atoms with Gasteiger partial charge < -0.3 is 9.84 Å². The molecule has 0 bridgehead atoms. The summed E-state index contributed by atoms with van der Waals surface area (Å²) < 4.78 is 4.44. The molecule has 1 N–H and O–H groups in total. The van der Waals surface area contributed by atoms with E-state index in [0.29, 0.717) is 5.56 Å². The number of aromatic hydroxyl groups is 1. The van der Waals surface area contributed by atoms with Gasteiger partial charge in [-0.2, -0.15) is 0 Å². The lowest BCUT2D eigenvalue weighted by molar-refractivity contribution is -0.139. The van der Waals surface area contributed by atoms with Crippen molar-refractivity contribution in [3.05, 3.63) is 29.3 Å². The molecular formula is C12H12O3. The van der Waals surface area contributed by atoms with Crippen molar-refractivity contribution in [3.8, 4) is 17.6 Å². The lowest BCUT2D eigenvalue weighted by Gasteiger charge is -1.99. The van der Waals surface area contributed by atoms with Crippen molar-refractivity contribution >= 4 is 5.97 Å². The fourth-order valence-electron chi connectivity index (χ4n) is 1.04. The molecule has 0 aliphatic rings. The first-order valence-corrected chi connectivity index (χ1v) is 4.49. The quantitative estimate of drug-likeness (QED) is 0.558. The van der Waals surface area contributed by atoms with Gasteiger partial charge in [0.15, 0.2) is 0 Å². The van der Waals surface area contributed by atoms with Crippen LogP contribution in [0, 0.1) is 18.8 Å². The van der Waals surface area contributed by atoms with Crippen molar-refractivity contribution in [1.82, 2.24) is 0 Å². The molecular weight excluding hydrogens is 192 g/mol. The Balaban J connectivity index is 2.80. The van der Waals surface area contributed by atoms with Crippen LogP contribution < -0.4 is 0 Å². The standard InChI is InChI=1S/C12H12O3/c1-9-5-3-6-10(12(9)14)7-4-8-11(13)15-2/h3,5-6,14H,8H2,1-2H3. The summed E-state index contributed by atoms with van der Waals surface area (Å²) in [6.45, 7) is 1.79. The zero-order valence-electron chi connectivity index (χ0n) is 8.70. The van der Waals surface area contributed by atoms with Gasteiger partial charge in [-0.15, -0.1) is 0 Å². The zero-order valence-corrected chi connectivity index (χ0v) is 8.70. The van der Waals surface area contributed by atoms with E-state index >= 15 is 0 Å². The number of hydrogen-bond acceptors (Lipinski definition) is 3. The van der Waals surface area contributed by atoms with Crippen molar-refractivity contribution in [2.45, 2.75) is 13.3 Å². The molecule has 0 saturated carbocycles. The highest BCUT2D eigenvalue weighted by Gasteiger charge is 2.00. The van der Waals surface area contributed by atoms with Crippen LogP contribution in [0.4, 0.5) is 0 Å². The van der Waals surface area contributed by atoms with Gasteiger partial charge in [-0.1, -0.05) is 24.0 Å². The van der Waals surface area contributed by atoms with Crippen LogP contribution in [0.5, 0.6) is 5.75 Å². The number of para-hydroxylation sites is 1. The Labute approximate surface area is 88.7 Å². The summed E-state index contributed by atoms with van der Waals surface area (Å²) in [6.07, 6.45) is 0.0316. The number of benzene rings is 1. The number of aryl methyl sites for hydroxylation is 1. The molecule has 0 heterocycles. The van der Waals surface area contributed by atoms with Crippen LogP contribution in [0.1, 0.15) is 17.5 Å². The van der Waals surface area contributed by atoms with Gasteiger partial charge in [-0.25, -0.2) is 0 Å². The second-order valence-corrected chi connectivity index (χ2v) is 3.03. The number of carbonyl (C=O) groups is 1. The van der Waals surface area contributed by atoms with Crippen molar-refractivity contribution < 1.29 is 14.6 Å². The molecule has 0 fully saturated rings. The second kappa shape index (κ2) is 5.06. The second-order valence-electron chi connectivity index (χ2n) is 3.03. The van der Waals surface area contributed by atoms with Gasteiger partial charge in [0.05, 0.1) is 12.7 Å². The minimum Gasteiger partial charge on any atom is -0.506 e. The predicted octanol–water partition coefficient (Wildman–Crippen LogP) is 1.62. The van der Waals surface area contributed by atoms with E-state index in [1.807, 2.05) is 0 Å². The molecule has 3 nitrogen and oxygen atoms in total. The third-order valence-corrected chi connectivity index (χ3v) is 1.92. The molecule has 0 saturated heterocycles. The summed E-state index contributed by atoms with van der Waals surface area (Å²) in [6, 6.07) is 5.30. The number of carbonyl (C=O) groups excluding carboxylic acids is 1. The van der Waals surface area contributed by atoms with E-state index in [0.717, 1.165) is 5.56 Å². The third kappa shape index (κ3) is 3.03. The highest BCUT2D eigenvalue weighted by molar-refractivity contribution is 5.72. The normalized spacial score (nSPS) is 8.93. The molecule has 0 radical (unpaired) electrons. The number of phenols is 1. The van der Waals surface area contributed by atoms with Crippen LogP contribution in [-0.4, -0.2) is 18.2 Å². The average molecular weight is 204 g/mol. The van der Waals surface area contributed by atoms with Gasteiger partial charge in [-0.05, 0) is 18.6 Å². The number of ether oxygens (including phenoxy) is 1. The van der Waals surface area contributed by atoms with Crippen molar-refractivity contribution in [1.29, 1.82) is 0 Å². The van der Waals surface area contributed by atoms with Crippen molar-refractivity contribution in [2.24, 2.45) is 0 Å². The van der Waals surface area contributed by atoms with Crippen molar-refractivity contribution in [3.63, 3.8) is 0 Å². The molecule has 1 aromatic rings. The van der Waals surface area contributed by atoms with E-state index in [1.165, 1.54) is 7.11 Å². The van der Waals surface area contributed by atoms with Gasteiger partial charge >= 0.3 is 5.97 Å². The topological polar surface area (TPSA) is 46.5 Å². The van der Waals surface area contributed by atoms with Crippen LogP contribution in [0.15, 0.2) is 18.2 Å². The molecule has 1 aromatic carbocycles. The first-order valence-electron chi connectivity index (χ1n) is 4.49. The Bertz CT molecular complexity index is 424. The molecule has 15 heavy (non-hydrogen) atoms. The monoisotopic (exact) mass is 204 g/mol. The largest absolute Gasteiger partial charge is 0.506 e. The van der Waals surface area contributed by atoms with Gasteiger partial charge in [0, 0.05) is 0 Å². The first-order chi connectivity index (χ1) is 7.15. The van der Waals surface area contributed by atoms with Crippen LogP contribution in [0.25, 0.3) is 0 Å². The first kappa shape index (κ1) is 11.1. The van der Waals surface area contributed by atoms with Gasteiger partial charge in [0.2, 0.25) is 0 Å². The van der Waals surface area contributed by atoms with Crippen LogP contribution in [0.3, 0.4) is 0 Å². The number of methoxy groups -OCH3 is 1. The molecule has 0 atom stereocenters. The number of phenolic OH excluding ortho intramolecular Hbond substituents is 1. The Kier molecular flexibility index (Phi) is 3.75. The SMILES string of the molecule is COC(=O)CC#Cc1cccc(C)c1O. The van der Waals surface area contributed by atoms with E-state index in [9.17, 15) is 9.90 Å². The van der Waals surface area contributed by atoms with Crippen LogP contribution >= 0.6 is 0 Å². The van der Waals surface area contributed by atoms with Crippen molar-refractivity contribution in [2.75, 3.05) is 7.11 Å². The average Bonchev–Trinajstić information content (AvgIpc) is 2.24. The molecule has 78 valence electrons. The molecule has 0 spiro atoms. The van der Waals surface area contributed by atoms with E-state index < -0.39 is 0 Å². The van der Waals surface area contributed by atoms with E-state index in [4.69, 9.17) is 0 Å². The Morgan fingerprint density at radius 2 is 2.27 bits per heavy atom. The predicted molar refractivity (Wildman–Crippen MR) is 56.4 cm³/mol. The fourth-order valence-corrected chi connectivity index (χ4v) is 1.04. The summed E-state index contributed by atoms with van der Waals surface area (Å²) in [5, 5.41) is 9.60. The van der Waals surface area contributed by atoms with Crippen LogP contribution in [-0.2, 0) is 9.53 Å². The summed E-state index contributed by atoms with van der Waals surface area (Å²) in [5.74, 6) is 5.14. The van der Waals surface area contributed by atoms with Gasteiger partial charge in [0.1, 0.15) is 12.2 Å². The minimum absolute atomic E-state index is 0.0316. The summed E-state index contributed by atoms with van der Waals surface area (Å²) in [4.78, 5) is 10.8. The molecule has 0 aliphatic heterocycles. The highest BCUT2D eigenvalue weighted by atomic mass is 16.5. The molecule has 3 heteroatoms.